The van der Waals surface area contributed by atoms with Crippen LogP contribution in [0.4, 0.5) is 18.9 Å². The second-order valence-corrected chi connectivity index (χ2v) is 6.65. The predicted molar refractivity (Wildman–Crippen MR) is 85.7 cm³/mol. The van der Waals surface area contributed by atoms with Gasteiger partial charge in [-0.25, -0.2) is 8.42 Å². The molecule has 9 heteroatoms. The third-order valence-electron chi connectivity index (χ3n) is 3.29. The topological polar surface area (TPSA) is 68.3 Å². The van der Waals surface area contributed by atoms with E-state index >= 15 is 0 Å². The SMILES string of the molecule is O=S(=O)(Nc1ccccc1OC(F)(F)F)c1cccc2cnccc12. The van der Waals surface area contributed by atoms with Crippen molar-refractivity contribution in [3.05, 3.63) is 60.9 Å². The molecule has 0 unspecified atom stereocenters. The van der Waals surface area contributed by atoms with Gasteiger partial charge in [0.05, 0.1) is 10.6 Å². The van der Waals surface area contributed by atoms with Crippen LogP contribution in [0.15, 0.2) is 65.8 Å². The summed E-state index contributed by atoms with van der Waals surface area (Å²) in [4.78, 5) is 3.84. The Hall–Kier alpha value is -2.81. The molecular formula is C16H11F3N2O3S. The second kappa shape index (κ2) is 6.25. The lowest BCUT2D eigenvalue weighted by molar-refractivity contribution is -0.274. The normalized spacial score (nSPS) is 12.1. The van der Waals surface area contributed by atoms with Crippen molar-refractivity contribution in [2.24, 2.45) is 0 Å². The highest BCUT2D eigenvalue weighted by Gasteiger charge is 2.32. The average molecular weight is 368 g/mol. The number of fused-ring (bicyclic) bond motifs is 1. The number of para-hydroxylation sites is 2. The zero-order chi connectivity index (χ0) is 18.1. The van der Waals surface area contributed by atoms with Gasteiger partial charge in [0.15, 0.2) is 5.75 Å². The first-order valence-corrected chi connectivity index (χ1v) is 8.45. The van der Waals surface area contributed by atoms with E-state index in [4.69, 9.17) is 0 Å². The van der Waals surface area contributed by atoms with E-state index in [9.17, 15) is 21.6 Å². The molecule has 0 aliphatic heterocycles. The molecule has 0 saturated carbocycles. The Kier molecular flexibility index (Phi) is 4.25. The lowest BCUT2D eigenvalue weighted by Crippen LogP contribution is -2.20. The standard InChI is InChI=1S/C16H11F3N2O3S/c17-16(18,19)24-14-6-2-1-5-13(14)21-25(22,23)15-7-3-4-11-10-20-9-8-12(11)15/h1-10,21H. The third-order valence-corrected chi connectivity index (χ3v) is 4.71. The number of halogens is 3. The number of ether oxygens (including phenoxy) is 1. The lowest BCUT2D eigenvalue weighted by Gasteiger charge is -2.15. The van der Waals surface area contributed by atoms with Crippen LogP contribution in [-0.4, -0.2) is 19.8 Å². The fraction of sp³-hybridized carbons (Fsp3) is 0.0625. The van der Waals surface area contributed by atoms with Crippen molar-refractivity contribution in [1.29, 1.82) is 0 Å². The molecule has 0 aliphatic rings. The fourth-order valence-corrected chi connectivity index (χ4v) is 3.59. The van der Waals surface area contributed by atoms with Crippen molar-refractivity contribution in [3.63, 3.8) is 0 Å². The van der Waals surface area contributed by atoms with Gasteiger partial charge in [-0.3, -0.25) is 9.71 Å². The highest BCUT2D eigenvalue weighted by atomic mass is 32.2. The maximum Gasteiger partial charge on any atom is 0.573 e. The van der Waals surface area contributed by atoms with Gasteiger partial charge in [-0.15, -0.1) is 13.2 Å². The molecule has 1 N–H and O–H groups in total. The van der Waals surface area contributed by atoms with Gasteiger partial charge in [-0.2, -0.15) is 0 Å². The number of hydrogen-bond acceptors (Lipinski definition) is 4. The van der Waals surface area contributed by atoms with Gasteiger partial charge in [0, 0.05) is 23.2 Å². The third kappa shape index (κ3) is 3.82. The smallest absolute Gasteiger partial charge is 0.404 e. The quantitative estimate of drug-likeness (QED) is 0.758. The monoisotopic (exact) mass is 368 g/mol. The van der Waals surface area contributed by atoms with E-state index in [-0.39, 0.29) is 10.6 Å². The summed E-state index contributed by atoms with van der Waals surface area (Å²) in [6.45, 7) is 0. The van der Waals surface area contributed by atoms with Crippen LogP contribution in [0, 0.1) is 0 Å². The van der Waals surface area contributed by atoms with E-state index in [0.29, 0.717) is 10.8 Å². The average Bonchev–Trinajstić information content (AvgIpc) is 2.54. The van der Waals surface area contributed by atoms with Gasteiger partial charge < -0.3 is 4.74 Å². The predicted octanol–water partition coefficient (Wildman–Crippen LogP) is 3.93. The summed E-state index contributed by atoms with van der Waals surface area (Å²) in [6.07, 6.45) is -2.01. The molecule has 25 heavy (non-hydrogen) atoms. The van der Waals surface area contributed by atoms with Crippen molar-refractivity contribution in [1.82, 2.24) is 4.98 Å². The number of hydrogen-bond donors (Lipinski definition) is 1. The van der Waals surface area contributed by atoms with Gasteiger partial charge in [0.25, 0.3) is 10.0 Å². The largest absolute Gasteiger partial charge is 0.573 e. The van der Waals surface area contributed by atoms with E-state index < -0.39 is 22.1 Å². The highest BCUT2D eigenvalue weighted by molar-refractivity contribution is 7.93. The molecule has 0 fully saturated rings. The van der Waals surface area contributed by atoms with Crippen LogP contribution < -0.4 is 9.46 Å². The van der Waals surface area contributed by atoms with Gasteiger partial charge >= 0.3 is 6.36 Å². The molecule has 0 radical (unpaired) electrons. The Balaban J connectivity index is 2.03. The Morgan fingerprint density at radius 1 is 1.00 bits per heavy atom. The molecule has 2 aromatic carbocycles. The minimum atomic E-state index is -4.94. The molecule has 0 amide bonds. The number of sulfonamides is 1. The molecule has 1 aromatic heterocycles. The number of rotatable bonds is 4. The number of aromatic nitrogens is 1. The van der Waals surface area contributed by atoms with Crippen molar-refractivity contribution in [2.45, 2.75) is 11.3 Å². The Labute approximate surface area is 141 Å². The maximum absolute atomic E-state index is 12.7. The number of benzene rings is 2. The van der Waals surface area contributed by atoms with E-state index in [1.807, 2.05) is 0 Å². The fourth-order valence-electron chi connectivity index (χ4n) is 2.29. The van der Waals surface area contributed by atoms with Crippen LogP contribution in [0.1, 0.15) is 0 Å². The van der Waals surface area contributed by atoms with Crippen LogP contribution in [0.5, 0.6) is 5.75 Å². The first-order chi connectivity index (χ1) is 11.8. The van der Waals surface area contributed by atoms with Crippen molar-refractivity contribution < 1.29 is 26.3 Å². The number of anilines is 1. The van der Waals surface area contributed by atoms with Crippen LogP contribution in [0.3, 0.4) is 0 Å². The van der Waals surface area contributed by atoms with E-state index in [1.54, 1.807) is 6.07 Å². The number of pyridine rings is 1. The molecule has 5 nitrogen and oxygen atoms in total. The first-order valence-electron chi connectivity index (χ1n) is 6.97. The molecule has 130 valence electrons. The summed E-state index contributed by atoms with van der Waals surface area (Å²) in [5, 5.41) is 0.990. The highest BCUT2D eigenvalue weighted by Crippen LogP contribution is 2.32. The minimum Gasteiger partial charge on any atom is -0.404 e. The summed E-state index contributed by atoms with van der Waals surface area (Å²) in [5.41, 5.74) is -0.314. The summed E-state index contributed by atoms with van der Waals surface area (Å²) >= 11 is 0. The van der Waals surface area contributed by atoms with Crippen molar-refractivity contribution in [3.8, 4) is 5.75 Å². The Morgan fingerprint density at radius 2 is 1.76 bits per heavy atom. The molecule has 0 atom stereocenters. The van der Waals surface area contributed by atoms with Gasteiger partial charge in [0.1, 0.15) is 0 Å². The van der Waals surface area contributed by atoms with E-state index in [2.05, 4.69) is 14.4 Å². The molecule has 0 bridgehead atoms. The van der Waals surface area contributed by atoms with Crippen LogP contribution >= 0.6 is 0 Å². The van der Waals surface area contributed by atoms with Crippen molar-refractivity contribution in [2.75, 3.05) is 4.72 Å². The number of nitrogens with zero attached hydrogens (tertiary/aromatic N) is 1. The van der Waals surface area contributed by atoms with Crippen LogP contribution in [-0.2, 0) is 10.0 Å². The minimum absolute atomic E-state index is 0.0748. The van der Waals surface area contributed by atoms with Gasteiger partial charge in [0.2, 0.25) is 0 Å². The second-order valence-electron chi connectivity index (χ2n) is 5.00. The van der Waals surface area contributed by atoms with E-state index in [0.717, 1.165) is 6.07 Å². The van der Waals surface area contributed by atoms with Gasteiger partial charge in [-0.05, 0) is 24.3 Å². The van der Waals surface area contributed by atoms with Gasteiger partial charge in [-0.1, -0.05) is 24.3 Å². The van der Waals surface area contributed by atoms with Crippen molar-refractivity contribution >= 4 is 26.5 Å². The zero-order valence-corrected chi connectivity index (χ0v) is 13.3. The number of nitrogens with one attached hydrogen (secondary N) is 1. The summed E-state index contributed by atoms with van der Waals surface area (Å²) in [5.74, 6) is -0.638. The molecule has 0 spiro atoms. The Bertz CT molecular complexity index is 1020. The van der Waals surface area contributed by atoms with Crippen LogP contribution in [0.2, 0.25) is 0 Å². The molecular weight excluding hydrogens is 357 g/mol. The van der Waals surface area contributed by atoms with E-state index in [1.165, 1.54) is 48.8 Å². The molecule has 1 heterocycles. The summed E-state index contributed by atoms with van der Waals surface area (Å²) in [6, 6.07) is 11.0. The molecule has 0 saturated heterocycles. The molecule has 3 aromatic rings. The Morgan fingerprint density at radius 3 is 2.52 bits per heavy atom. The maximum atomic E-state index is 12.7. The lowest BCUT2D eigenvalue weighted by atomic mass is 10.2. The zero-order valence-electron chi connectivity index (χ0n) is 12.5. The summed E-state index contributed by atoms with van der Waals surface area (Å²) in [7, 11) is -4.14. The summed E-state index contributed by atoms with van der Waals surface area (Å²) < 4.78 is 68.8. The van der Waals surface area contributed by atoms with Crippen LogP contribution in [0.25, 0.3) is 10.8 Å². The molecule has 0 aliphatic carbocycles. The molecule has 3 rings (SSSR count). The first kappa shape index (κ1) is 17.0. The number of alkyl halides is 3.